The smallest absolute Gasteiger partial charge is 0.333 e. The van der Waals surface area contributed by atoms with Crippen LogP contribution in [0.25, 0.3) is 0 Å². The van der Waals surface area contributed by atoms with Gasteiger partial charge in [-0.3, -0.25) is 0 Å². The quantitative estimate of drug-likeness (QED) is 0.357. The minimum atomic E-state index is -0.407. The highest BCUT2D eigenvalue weighted by atomic mass is 16.5. The largest absolute Gasteiger partial charge is 0.462 e. The SMILES string of the molecule is C=C(C)C(=O)OCC(C)(CO)CCCCCCO. The minimum absolute atomic E-state index is 0.00350. The van der Waals surface area contributed by atoms with Crippen LogP contribution in [-0.2, 0) is 9.53 Å². The number of hydrogen-bond acceptors (Lipinski definition) is 4. The van der Waals surface area contributed by atoms with E-state index in [1.807, 2.05) is 6.92 Å². The standard InChI is InChI=1S/C14H26O4/c1-12(2)13(17)18-11-14(3,10-16)8-6-4-5-7-9-15/h15-16H,1,4-11H2,2-3H3. The predicted octanol–water partition coefficient (Wildman–Crippen LogP) is 2.05. The summed E-state index contributed by atoms with van der Waals surface area (Å²) in [6.45, 7) is 7.47. The van der Waals surface area contributed by atoms with E-state index in [2.05, 4.69) is 6.58 Å². The fraction of sp³-hybridized carbons (Fsp3) is 0.786. The maximum absolute atomic E-state index is 11.3. The highest BCUT2D eigenvalue weighted by Crippen LogP contribution is 2.25. The summed E-state index contributed by atoms with van der Waals surface area (Å²) in [5.41, 5.74) is -0.0112. The van der Waals surface area contributed by atoms with Gasteiger partial charge in [-0.05, 0) is 19.8 Å². The van der Waals surface area contributed by atoms with E-state index in [0.717, 1.165) is 32.1 Å². The second-order valence-corrected chi connectivity index (χ2v) is 5.21. The Bertz CT molecular complexity index is 263. The van der Waals surface area contributed by atoms with Gasteiger partial charge in [-0.1, -0.05) is 32.8 Å². The summed E-state index contributed by atoms with van der Waals surface area (Å²) in [6, 6.07) is 0. The molecule has 0 aromatic carbocycles. The first-order chi connectivity index (χ1) is 8.45. The number of rotatable bonds is 10. The molecule has 0 amide bonds. The lowest BCUT2D eigenvalue weighted by atomic mass is 9.86. The molecule has 0 saturated carbocycles. The van der Waals surface area contributed by atoms with Crippen molar-refractivity contribution in [2.75, 3.05) is 19.8 Å². The van der Waals surface area contributed by atoms with E-state index >= 15 is 0 Å². The molecule has 106 valence electrons. The molecule has 18 heavy (non-hydrogen) atoms. The average Bonchev–Trinajstić information content (AvgIpc) is 2.35. The van der Waals surface area contributed by atoms with E-state index in [4.69, 9.17) is 9.84 Å². The number of carbonyl (C=O) groups excluding carboxylic acids is 1. The van der Waals surface area contributed by atoms with Crippen LogP contribution in [0.5, 0.6) is 0 Å². The van der Waals surface area contributed by atoms with Crippen LogP contribution in [0.3, 0.4) is 0 Å². The molecule has 0 aromatic rings. The van der Waals surface area contributed by atoms with Gasteiger partial charge in [0, 0.05) is 17.6 Å². The third kappa shape index (κ3) is 7.45. The maximum Gasteiger partial charge on any atom is 0.333 e. The monoisotopic (exact) mass is 258 g/mol. The Balaban J connectivity index is 3.94. The van der Waals surface area contributed by atoms with E-state index in [9.17, 15) is 9.90 Å². The second-order valence-electron chi connectivity index (χ2n) is 5.21. The van der Waals surface area contributed by atoms with Gasteiger partial charge >= 0.3 is 5.97 Å². The number of ether oxygens (including phenoxy) is 1. The summed E-state index contributed by atoms with van der Waals surface area (Å²) >= 11 is 0. The third-order valence-corrected chi connectivity index (χ3v) is 2.97. The van der Waals surface area contributed by atoms with Crippen molar-refractivity contribution in [3.8, 4) is 0 Å². The van der Waals surface area contributed by atoms with Crippen molar-refractivity contribution in [3.05, 3.63) is 12.2 Å². The molecule has 1 atom stereocenters. The Morgan fingerprint density at radius 1 is 1.22 bits per heavy atom. The molecule has 0 aliphatic rings. The van der Waals surface area contributed by atoms with Gasteiger partial charge in [-0.15, -0.1) is 0 Å². The number of carbonyl (C=O) groups is 1. The Hall–Kier alpha value is -0.870. The van der Waals surface area contributed by atoms with Crippen LogP contribution in [0.1, 0.15) is 46.0 Å². The maximum atomic E-state index is 11.3. The molecule has 0 saturated heterocycles. The number of aliphatic hydroxyl groups is 2. The predicted molar refractivity (Wildman–Crippen MR) is 71.1 cm³/mol. The van der Waals surface area contributed by atoms with Gasteiger partial charge in [-0.25, -0.2) is 4.79 Å². The van der Waals surface area contributed by atoms with Crippen LogP contribution >= 0.6 is 0 Å². The summed E-state index contributed by atoms with van der Waals surface area (Å²) in [7, 11) is 0. The zero-order valence-corrected chi connectivity index (χ0v) is 11.6. The molecule has 0 radical (unpaired) electrons. The highest BCUT2D eigenvalue weighted by Gasteiger charge is 2.25. The van der Waals surface area contributed by atoms with Gasteiger partial charge in [0.15, 0.2) is 0 Å². The van der Waals surface area contributed by atoms with E-state index in [0.29, 0.717) is 5.57 Å². The van der Waals surface area contributed by atoms with Crippen molar-refractivity contribution in [1.29, 1.82) is 0 Å². The zero-order chi connectivity index (χ0) is 14.0. The van der Waals surface area contributed by atoms with Crippen molar-refractivity contribution in [1.82, 2.24) is 0 Å². The minimum Gasteiger partial charge on any atom is -0.462 e. The molecule has 1 unspecified atom stereocenters. The van der Waals surface area contributed by atoms with Crippen molar-refractivity contribution in [2.24, 2.45) is 5.41 Å². The molecule has 0 fully saturated rings. The molecule has 2 N–H and O–H groups in total. The van der Waals surface area contributed by atoms with Crippen LogP contribution in [0.4, 0.5) is 0 Å². The van der Waals surface area contributed by atoms with E-state index < -0.39 is 5.97 Å². The Morgan fingerprint density at radius 3 is 2.33 bits per heavy atom. The first-order valence-corrected chi connectivity index (χ1v) is 6.49. The molecule has 0 aliphatic carbocycles. The van der Waals surface area contributed by atoms with Crippen molar-refractivity contribution >= 4 is 5.97 Å². The highest BCUT2D eigenvalue weighted by molar-refractivity contribution is 5.86. The third-order valence-electron chi connectivity index (χ3n) is 2.97. The molecule has 0 heterocycles. The van der Waals surface area contributed by atoms with Gasteiger partial charge in [-0.2, -0.15) is 0 Å². The summed E-state index contributed by atoms with van der Waals surface area (Å²) in [5, 5.41) is 18.0. The molecule has 0 aliphatic heterocycles. The van der Waals surface area contributed by atoms with E-state index in [1.54, 1.807) is 6.92 Å². The van der Waals surface area contributed by atoms with Crippen molar-refractivity contribution in [3.63, 3.8) is 0 Å². The van der Waals surface area contributed by atoms with E-state index in [1.165, 1.54) is 0 Å². The van der Waals surface area contributed by atoms with Crippen LogP contribution in [0, 0.1) is 5.41 Å². The fourth-order valence-corrected chi connectivity index (χ4v) is 1.58. The van der Waals surface area contributed by atoms with Crippen LogP contribution in [-0.4, -0.2) is 36.0 Å². The lowest BCUT2D eigenvalue weighted by Crippen LogP contribution is -2.29. The first-order valence-electron chi connectivity index (χ1n) is 6.49. The Kier molecular flexibility index (Phi) is 8.67. The number of aliphatic hydroxyl groups excluding tert-OH is 2. The second kappa shape index (κ2) is 9.11. The zero-order valence-electron chi connectivity index (χ0n) is 11.6. The molecular weight excluding hydrogens is 232 g/mol. The molecule has 4 nitrogen and oxygen atoms in total. The van der Waals surface area contributed by atoms with Crippen LogP contribution in [0.2, 0.25) is 0 Å². The first kappa shape index (κ1) is 17.1. The normalized spacial score (nSPS) is 14.0. The average molecular weight is 258 g/mol. The van der Waals surface area contributed by atoms with Crippen molar-refractivity contribution in [2.45, 2.75) is 46.0 Å². The molecule has 0 aromatic heterocycles. The van der Waals surface area contributed by atoms with Gasteiger partial charge in [0.2, 0.25) is 0 Å². The lowest BCUT2D eigenvalue weighted by Gasteiger charge is -2.26. The van der Waals surface area contributed by atoms with Gasteiger partial charge in [0.25, 0.3) is 0 Å². The summed E-state index contributed by atoms with van der Waals surface area (Å²) < 4.78 is 5.10. The van der Waals surface area contributed by atoms with E-state index in [-0.39, 0.29) is 25.2 Å². The van der Waals surface area contributed by atoms with Crippen LogP contribution in [0.15, 0.2) is 12.2 Å². The molecule has 0 rings (SSSR count). The number of unbranched alkanes of at least 4 members (excludes halogenated alkanes) is 3. The molecular formula is C14H26O4. The van der Waals surface area contributed by atoms with Crippen molar-refractivity contribution < 1.29 is 19.7 Å². The number of esters is 1. The lowest BCUT2D eigenvalue weighted by molar-refractivity contribution is -0.143. The summed E-state index contributed by atoms with van der Waals surface area (Å²) in [5.74, 6) is -0.407. The van der Waals surface area contributed by atoms with Gasteiger partial charge < -0.3 is 14.9 Å². The number of hydrogen-bond donors (Lipinski definition) is 2. The molecule has 4 heteroatoms. The topological polar surface area (TPSA) is 66.8 Å². The Morgan fingerprint density at radius 2 is 1.83 bits per heavy atom. The van der Waals surface area contributed by atoms with Gasteiger partial charge in [0.1, 0.15) is 0 Å². The van der Waals surface area contributed by atoms with Gasteiger partial charge in [0.05, 0.1) is 13.2 Å². The van der Waals surface area contributed by atoms with Crippen LogP contribution < -0.4 is 0 Å². The summed E-state index contributed by atoms with van der Waals surface area (Å²) in [6.07, 6.45) is 4.59. The molecule has 0 bridgehead atoms. The summed E-state index contributed by atoms with van der Waals surface area (Å²) in [4.78, 5) is 11.3. The Labute approximate surface area is 110 Å². The molecule has 0 spiro atoms. The fourth-order valence-electron chi connectivity index (χ4n) is 1.58.